The highest BCUT2D eigenvalue weighted by Crippen LogP contribution is 2.25. The Morgan fingerprint density at radius 2 is 1.58 bits per heavy atom. The van der Waals surface area contributed by atoms with Gasteiger partial charge in [-0.15, -0.1) is 0 Å². The van der Waals surface area contributed by atoms with Gasteiger partial charge in [0.15, 0.2) is 0 Å². The summed E-state index contributed by atoms with van der Waals surface area (Å²) >= 11 is 0. The van der Waals surface area contributed by atoms with Crippen LogP contribution in [0.5, 0.6) is 0 Å². The van der Waals surface area contributed by atoms with Gasteiger partial charge in [0.25, 0.3) is 0 Å². The average molecular weight is 187 g/mol. The molecule has 0 saturated heterocycles. The summed E-state index contributed by atoms with van der Waals surface area (Å²) in [6.07, 6.45) is 1.24. The Morgan fingerprint density at radius 3 is 1.83 bits per heavy atom. The highest BCUT2D eigenvalue weighted by atomic mass is 31.2. The van der Waals surface area contributed by atoms with Crippen molar-refractivity contribution in [3.8, 4) is 0 Å². The van der Waals surface area contributed by atoms with Gasteiger partial charge in [0, 0.05) is 0 Å². The van der Waals surface area contributed by atoms with Gasteiger partial charge < -0.3 is 9.79 Å². The fourth-order valence-corrected chi connectivity index (χ4v) is 0.836. The zero-order valence-corrected chi connectivity index (χ0v) is 7.24. The summed E-state index contributed by atoms with van der Waals surface area (Å²) in [5.74, 6) is 0. The molecule has 12 heavy (non-hydrogen) atoms. The van der Waals surface area contributed by atoms with Crippen LogP contribution >= 0.6 is 7.75 Å². The van der Waals surface area contributed by atoms with E-state index in [-0.39, 0.29) is 0 Å². The molecule has 1 aliphatic rings. The van der Waals surface area contributed by atoms with Gasteiger partial charge >= 0.3 is 7.75 Å². The van der Waals surface area contributed by atoms with E-state index in [1.165, 1.54) is 17.5 Å². The molecule has 0 spiro atoms. The van der Waals surface area contributed by atoms with Crippen LogP contribution in [-0.2, 0) is 11.0 Å². The van der Waals surface area contributed by atoms with Gasteiger partial charge in [0.2, 0.25) is 0 Å². The predicted molar refractivity (Wildman–Crippen MR) is 45.5 cm³/mol. The second-order valence-corrected chi connectivity index (χ2v) is 3.71. The number of rotatable bonds is 0. The number of benzene rings is 1. The molecule has 0 bridgehead atoms. The van der Waals surface area contributed by atoms with Crippen molar-refractivity contribution in [3.63, 3.8) is 0 Å². The summed E-state index contributed by atoms with van der Waals surface area (Å²) < 4.78 is 9.10. The summed E-state index contributed by atoms with van der Waals surface area (Å²) in [5, 5.41) is 0. The first-order valence-corrected chi connectivity index (χ1v) is 5.06. The van der Waals surface area contributed by atoms with E-state index in [1.807, 2.05) is 0 Å². The van der Waals surface area contributed by atoms with Gasteiger partial charge in [0.1, 0.15) is 0 Å². The minimum Gasteiger partial charge on any atom is -0.313 e. The van der Waals surface area contributed by atoms with Crippen molar-refractivity contribution in [1.29, 1.82) is 0 Å². The van der Waals surface area contributed by atoms with Gasteiger partial charge in [-0.25, -0.2) is 10.1 Å². The van der Waals surface area contributed by atoms with Crippen molar-refractivity contribution < 1.29 is 14.4 Å². The lowest BCUT2D eigenvalue weighted by Crippen LogP contribution is -1.87. The Balaban J connectivity index is 0.000000130. The van der Waals surface area contributed by atoms with Gasteiger partial charge in [-0.3, -0.25) is 0 Å². The maximum absolute atomic E-state index is 9.10. The molecule has 0 saturated carbocycles. The monoisotopic (exact) mass is 187 g/mol. The van der Waals surface area contributed by atoms with Crippen LogP contribution in [0.4, 0.5) is 0 Å². The van der Waals surface area contributed by atoms with Crippen LogP contribution in [0.1, 0.15) is 11.1 Å². The van der Waals surface area contributed by atoms with Crippen molar-refractivity contribution in [2.45, 2.75) is 6.42 Å². The molecule has 2 rings (SSSR count). The van der Waals surface area contributed by atoms with E-state index in [0.29, 0.717) is 0 Å². The van der Waals surface area contributed by atoms with E-state index in [4.69, 9.17) is 14.4 Å². The topological polar surface area (TPSA) is 83.6 Å². The standard InChI is InChI=1S/C7H6.H4NO3P/c1-2-4-7-5-6(7)3-1;1-5(2,3)4/h1-4H,5H2;(H4,1,2,3,4). The molecule has 1 aromatic rings. The largest absolute Gasteiger partial charge is 0.397 e. The number of nitrogens with two attached hydrogens (primary N) is 1. The molecule has 1 aliphatic carbocycles. The molecule has 0 fully saturated rings. The molecular weight excluding hydrogens is 177 g/mol. The SMILES string of the molecule is NP(=O)(O)O.c1ccc2c(c1)C2. The Kier molecular flexibility index (Phi) is 2.65. The third-order valence-electron chi connectivity index (χ3n) is 1.37. The van der Waals surface area contributed by atoms with E-state index in [0.717, 1.165) is 0 Å². The van der Waals surface area contributed by atoms with Gasteiger partial charge in [-0.2, -0.15) is 0 Å². The first-order valence-electron chi connectivity index (χ1n) is 3.38. The van der Waals surface area contributed by atoms with Crippen molar-refractivity contribution >= 4 is 7.75 Å². The Labute approximate surface area is 70.2 Å². The maximum atomic E-state index is 9.10. The van der Waals surface area contributed by atoms with Crippen LogP contribution in [0.25, 0.3) is 0 Å². The molecule has 1 aromatic carbocycles. The minimum absolute atomic E-state index is 1.24. The maximum Gasteiger partial charge on any atom is 0.397 e. The zero-order chi connectivity index (χ0) is 9.19. The normalized spacial score (nSPS) is 12.6. The molecular formula is C7H10NO3P. The van der Waals surface area contributed by atoms with Crippen LogP contribution in [0.3, 0.4) is 0 Å². The van der Waals surface area contributed by atoms with Gasteiger partial charge in [0.05, 0.1) is 0 Å². The fourth-order valence-electron chi connectivity index (χ4n) is 0.836. The second kappa shape index (κ2) is 3.37. The van der Waals surface area contributed by atoms with Crippen molar-refractivity contribution in [1.82, 2.24) is 0 Å². The first kappa shape index (κ1) is 9.42. The summed E-state index contributed by atoms with van der Waals surface area (Å²) in [6.45, 7) is 0. The zero-order valence-electron chi connectivity index (χ0n) is 6.34. The molecule has 0 aliphatic heterocycles. The lowest BCUT2D eigenvalue weighted by atomic mass is 10.4. The molecule has 0 atom stereocenters. The van der Waals surface area contributed by atoms with Gasteiger partial charge in [-0.05, 0) is 17.5 Å². The molecule has 0 heterocycles. The third kappa shape index (κ3) is 4.26. The molecule has 0 amide bonds. The molecule has 66 valence electrons. The molecule has 0 aromatic heterocycles. The molecule has 4 N–H and O–H groups in total. The fraction of sp³-hybridized carbons (Fsp3) is 0.143. The Morgan fingerprint density at radius 1 is 1.25 bits per heavy atom. The highest BCUT2D eigenvalue weighted by molar-refractivity contribution is 7.49. The van der Waals surface area contributed by atoms with E-state index >= 15 is 0 Å². The minimum atomic E-state index is -4.14. The molecule has 5 heteroatoms. The lowest BCUT2D eigenvalue weighted by molar-refractivity contribution is 0.374. The lowest BCUT2D eigenvalue weighted by Gasteiger charge is -1.84. The van der Waals surface area contributed by atoms with Crippen LogP contribution in [0.2, 0.25) is 0 Å². The van der Waals surface area contributed by atoms with E-state index < -0.39 is 7.75 Å². The third-order valence-corrected chi connectivity index (χ3v) is 1.37. The Bertz CT molecular complexity index is 291. The summed E-state index contributed by atoms with van der Waals surface area (Å²) in [7, 11) is -4.14. The first-order chi connectivity index (χ1) is 5.47. The van der Waals surface area contributed by atoms with Crippen LogP contribution in [0, 0.1) is 0 Å². The quantitative estimate of drug-likeness (QED) is 0.528. The van der Waals surface area contributed by atoms with Crippen LogP contribution in [-0.4, -0.2) is 9.79 Å². The predicted octanol–water partition coefficient (Wildman–Crippen LogP) is 0.629. The van der Waals surface area contributed by atoms with E-state index in [1.54, 1.807) is 0 Å². The van der Waals surface area contributed by atoms with Crippen molar-refractivity contribution in [2.24, 2.45) is 5.50 Å². The average Bonchev–Trinajstić information content (AvgIpc) is 2.59. The van der Waals surface area contributed by atoms with Crippen molar-refractivity contribution in [2.75, 3.05) is 0 Å². The Hall–Kier alpha value is -0.670. The number of fused-ring (bicyclic) bond motifs is 1. The van der Waals surface area contributed by atoms with Crippen LogP contribution in [0.15, 0.2) is 24.3 Å². The number of hydrogen-bond acceptors (Lipinski definition) is 1. The summed E-state index contributed by atoms with van der Waals surface area (Å²) in [6, 6.07) is 8.53. The molecule has 0 radical (unpaired) electrons. The smallest absolute Gasteiger partial charge is 0.313 e. The van der Waals surface area contributed by atoms with Crippen LogP contribution < -0.4 is 5.50 Å². The second-order valence-electron chi connectivity index (χ2n) is 2.53. The highest BCUT2D eigenvalue weighted by Gasteiger charge is 2.12. The van der Waals surface area contributed by atoms with E-state index in [2.05, 4.69) is 29.8 Å². The summed E-state index contributed by atoms with van der Waals surface area (Å²) in [4.78, 5) is 14.8. The van der Waals surface area contributed by atoms with Crippen molar-refractivity contribution in [3.05, 3.63) is 35.4 Å². The molecule has 0 unspecified atom stereocenters. The van der Waals surface area contributed by atoms with E-state index in [9.17, 15) is 0 Å². The number of hydrogen-bond donors (Lipinski definition) is 3. The van der Waals surface area contributed by atoms with Gasteiger partial charge in [-0.1, -0.05) is 24.3 Å². The molecule has 4 nitrogen and oxygen atoms in total. The summed E-state index contributed by atoms with van der Waals surface area (Å²) in [5.41, 5.74) is 7.08.